The van der Waals surface area contributed by atoms with Crippen LogP contribution in [0.25, 0.3) is 4.96 Å². The summed E-state index contributed by atoms with van der Waals surface area (Å²) in [6.45, 7) is 0.334. The smallest absolute Gasteiger partial charge is 0.271 e. The van der Waals surface area contributed by atoms with Gasteiger partial charge in [0.25, 0.3) is 17.4 Å². The third-order valence-electron chi connectivity index (χ3n) is 6.65. The van der Waals surface area contributed by atoms with Gasteiger partial charge in [-0.3, -0.25) is 18.8 Å². The summed E-state index contributed by atoms with van der Waals surface area (Å²) in [4.78, 5) is 48.0. The number of ether oxygens (including phenoxy) is 1. The summed E-state index contributed by atoms with van der Waals surface area (Å²) in [7, 11) is 0. The van der Waals surface area contributed by atoms with Gasteiger partial charge in [-0.1, -0.05) is 42.5 Å². The molecule has 182 valence electrons. The largest absolute Gasteiger partial charge is 0.477 e. The van der Waals surface area contributed by atoms with Crippen LogP contribution in [0.2, 0.25) is 0 Å². The lowest BCUT2D eigenvalue weighted by atomic mass is 10.0. The zero-order valence-corrected chi connectivity index (χ0v) is 20.3. The number of benzene rings is 2. The molecule has 3 heterocycles. The van der Waals surface area contributed by atoms with Crippen LogP contribution in [0.5, 0.6) is 5.75 Å². The number of amides is 2. The van der Waals surface area contributed by atoms with Crippen molar-refractivity contribution in [2.75, 3.05) is 11.4 Å². The number of anilines is 1. The maximum atomic E-state index is 13.8. The van der Waals surface area contributed by atoms with E-state index in [0.717, 1.165) is 36.9 Å². The third-order valence-corrected chi connectivity index (χ3v) is 7.81. The summed E-state index contributed by atoms with van der Waals surface area (Å²) < 4.78 is 7.56. The summed E-state index contributed by atoms with van der Waals surface area (Å²) in [6, 6.07) is 16.6. The first kappa shape index (κ1) is 22.5. The SMILES string of the molecule is O=C(NCc1ccccc1)[C@H]1CN(C(=O)c2cnc3sc4c(n3c2=O)CCCC4)c2ccccc2O1. The van der Waals surface area contributed by atoms with Gasteiger partial charge in [-0.2, -0.15) is 0 Å². The van der Waals surface area contributed by atoms with Crippen LogP contribution in [0.15, 0.2) is 65.6 Å². The van der Waals surface area contributed by atoms with Gasteiger partial charge in [0, 0.05) is 23.3 Å². The van der Waals surface area contributed by atoms with Gasteiger partial charge in [-0.25, -0.2) is 4.98 Å². The normalized spacial score (nSPS) is 16.7. The van der Waals surface area contributed by atoms with Crippen molar-refractivity contribution in [2.45, 2.75) is 38.3 Å². The highest BCUT2D eigenvalue weighted by Crippen LogP contribution is 2.34. The molecular weight excluding hydrogens is 476 g/mol. The van der Waals surface area contributed by atoms with E-state index >= 15 is 0 Å². The number of fused-ring (bicyclic) bond motifs is 4. The molecule has 0 spiro atoms. The molecule has 6 rings (SSSR count). The van der Waals surface area contributed by atoms with Crippen molar-refractivity contribution in [3.63, 3.8) is 0 Å². The first-order valence-electron chi connectivity index (χ1n) is 12.0. The lowest BCUT2D eigenvalue weighted by Gasteiger charge is -2.34. The fourth-order valence-corrected chi connectivity index (χ4v) is 5.99. The van der Waals surface area contributed by atoms with Crippen LogP contribution >= 0.6 is 11.3 Å². The van der Waals surface area contributed by atoms with E-state index in [-0.39, 0.29) is 23.6 Å². The Morgan fingerprint density at radius 1 is 1.06 bits per heavy atom. The number of carbonyl (C=O) groups is 2. The molecule has 0 fully saturated rings. The summed E-state index contributed by atoms with van der Waals surface area (Å²) in [5.74, 6) is -0.406. The monoisotopic (exact) mass is 500 g/mol. The highest BCUT2D eigenvalue weighted by atomic mass is 32.1. The number of para-hydroxylation sites is 2. The average molecular weight is 501 g/mol. The van der Waals surface area contributed by atoms with E-state index in [2.05, 4.69) is 10.3 Å². The summed E-state index contributed by atoms with van der Waals surface area (Å²) in [6.07, 6.45) is 4.30. The number of hydrogen-bond donors (Lipinski definition) is 1. The predicted octanol–water partition coefficient (Wildman–Crippen LogP) is 3.36. The molecule has 0 saturated carbocycles. The summed E-state index contributed by atoms with van der Waals surface area (Å²) in [5, 5.41) is 2.89. The molecule has 1 N–H and O–H groups in total. The molecule has 4 aromatic rings. The van der Waals surface area contributed by atoms with Crippen molar-refractivity contribution < 1.29 is 14.3 Å². The Morgan fingerprint density at radius 3 is 2.69 bits per heavy atom. The van der Waals surface area contributed by atoms with Crippen LogP contribution in [0.1, 0.15) is 39.3 Å². The fourth-order valence-electron chi connectivity index (χ4n) is 4.82. The molecule has 2 amide bonds. The average Bonchev–Trinajstić information content (AvgIpc) is 3.31. The van der Waals surface area contributed by atoms with E-state index in [4.69, 9.17) is 4.74 Å². The second kappa shape index (κ2) is 9.23. The Labute approximate surface area is 211 Å². The third kappa shape index (κ3) is 3.95. The zero-order chi connectivity index (χ0) is 24.6. The molecule has 0 unspecified atom stereocenters. The Morgan fingerprint density at radius 2 is 1.83 bits per heavy atom. The Bertz CT molecular complexity index is 1530. The van der Waals surface area contributed by atoms with Crippen molar-refractivity contribution >= 4 is 33.8 Å². The van der Waals surface area contributed by atoms with E-state index in [9.17, 15) is 14.4 Å². The molecule has 36 heavy (non-hydrogen) atoms. The number of hydrogen-bond acceptors (Lipinski definition) is 6. The first-order valence-corrected chi connectivity index (χ1v) is 12.8. The quantitative estimate of drug-likeness (QED) is 0.464. The van der Waals surface area contributed by atoms with Crippen LogP contribution in [0, 0.1) is 0 Å². The number of aryl methyl sites for hydroxylation is 2. The highest BCUT2D eigenvalue weighted by Gasteiger charge is 2.35. The molecule has 2 aromatic heterocycles. The van der Waals surface area contributed by atoms with Crippen LogP contribution in [-0.4, -0.2) is 33.8 Å². The number of nitrogens with one attached hydrogen (secondary N) is 1. The standard InChI is InChI=1S/C27H24N4O4S/c32-24(28-14-17-8-2-1-3-9-17)22-16-30(19-10-4-6-12-21(19)35-22)25(33)18-15-29-27-31(26(18)34)20-11-5-7-13-23(20)36-27/h1-4,6,8-10,12,15,22H,5,7,11,13-14,16H2,(H,28,32)/t22-/m1/s1. The Hall–Kier alpha value is -3.98. The number of thiazole rings is 1. The molecule has 8 nitrogen and oxygen atoms in total. The number of rotatable bonds is 4. The van der Waals surface area contributed by atoms with Crippen LogP contribution < -0.4 is 20.5 Å². The van der Waals surface area contributed by atoms with Crippen molar-refractivity contribution in [1.29, 1.82) is 0 Å². The van der Waals surface area contributed by atoms with Gasteiger partial charge in [0.05, 0.1) is 12.2 Å². The van der Waals surface area contributed by atoms with Gasteiger partial charge in [0.2, 0.25) is 0 Å². The van der Waals surface area contributed by atoms with Crippen LogP contribution in [0.3, 0.4) is 0 Å². The number of aromatic nitrogens is 2. The zero-order valence-electron chi connectivity index (χ0n) is 19.5. The minimum absolute atomic E-state index is 0.0135. The van der Waals surface area contributed by atoms with Crippen molar-refractivity contribution in [2.24, 2.45) is 0 Å². The molecule has 0 bridgehead atoms. The molecule has 9 heteroatoms. The fraction of sp³-hybridized carbons (Fsp3) is 0.259. The van der Waals surface area contributed by atoms with E-state index in [0.29, 0.717) is 22.9 Å². The first-order chi connectivity index (χ1) is 17.6. The number of nitrogens with zero attached hydrogens (tertiary/aromatic N) is 3. The predicted molar refractivity (Wildman–Crippen MR) is 137 cm³/mol. The maximum absolute atomic E-state index is 13.8. The van der Waals surface area contributed by atoms with Gasteiger partial charge in [-0.05, 0) is 43.4 Å². The second-order valence-electron chi connectivity index (χ2n) is 8.97. The molecule has 2 aromatic carbocycles. The van der Waals surface area contributed by atoms with E-state index in [1.165, 1.54) is 27.3 Å². The van der Waals surface area contributed by atoms with Gasteiger partial charge in [0.1, 0.15) is 11.3 Å². The molecular formula is C27H24N4O4S. The van der Waals surface area contributed by atoms with Crippen LogP contribution in [0.4, 0.5) is 5.69 Å². The Balaban J connectivity index is 1.31. The molecule has 1 aliphatic carbocycles. The van der Waals surface area contributed by atoms with Crippen molar-refractivity contribution in [1.82, 2.24) is 14.7 Å². The molecule has 1 atom stereocenters. The lowest BCUT2D eigenvalue weighted by Crippen LogP contribution is -2.51. The van der Waals surface area contributed by atoms with Crippen molar-refractivity contribution in [3.8, 4) is 5.75 Å². The summed E-state index contributed by atoms with van der Waals surface area (Å²) >= 11 is 1.52. The minimum atomic E-state index is -0.916. The molecule has 0 radical (unpaired) electrons. The topological polar surface area (TPSA) is 93.0 Å². The molecule has 0 saturated heterocycles. The van der Waals surface area contributed by atoms with Gasteiger partial charge < -0.3 is 15.0 Å². The number of carbonyl (C=O) groups excluding carboxylic acids is 2. The van der Waals surface area contributed by atoms with Gasteiger partial charge >= 0.3 is 0 Å². The van der Waals surface area contributed by atoms with Gasteiger partial charge in [-0.15, -0.1) is 11.3 Å². The molecule has 1 aliphatic heterocycles. The van der Waals surface area contributed by atoms with E-state index < -0.39 is 12.0 Å². The van der Waals surface area contributed by atoms with E-state index in [1.54, 1.807) is 28.7 Å². The van der Waals surface area contributed by atoms with E-state index in [1.807, 2.05) is 30.3 Å². The molecule has 2 aliphatic rings. The van der Waals surface area contributed by atoms with Gasteiger partial charge in [0.15, 0.2) is 11.1 Å². The minimum Gasteiger partial charge on any atom is -0.477 e. The highest BCUT2D eigenvalue weighted by molar-refractivity contribution is 7.17. The van der Waals surface area contributed by atoms with Crippen LogP contribution in [-0.2, 0) is 24.2 Å². The lowest BCUT2D eigenvalue weighted by molar-refractivity contribution is -0.127. The van der Waals surface area contributed by atoms with Crippen molar-refractivity contribution in [3.05, 3.63) is 92.8 Å². The maximum Gasteiger partial charge on any atom is 0.271 e. The second-order valence-corrected chi connectivity index (χ2v) is 10.0. The Kier molecular flexibility index (Phi) is 5.77. The summed E-state index contributed by atoms with van der Waals surface area (Å²) in [5.41, 5.74) is 2.07.